The predicted molar refractivity (Wildman–Crippen MR) is 211 cm³/mol. The van der Waals surface area contributed by atoms with Crippen LogP contribution in [0.4, 0.5) is 0 Å². The zero-order valence-corrected chi connectivity index (χ0v) is 30.6. The first-order chi connectivity index (χ1) is 27.1. The van der Waals surface area contributed by atoms with Crippen LogP contribution in [-0.2, 0) is 0 Å². The number of nitrogens with one attached hydrogen (secondary N) is 2. The van der Waals surface area contributed by atoms with Gasteiger partial charge in [0.05, 0.1) is 42.9 Å². The molecular weight excluding hydrogens is 697 g/mol. The van der Waals surface area contributed by atoms with Crippen LogP contribution in [0.1, 0.15) is 33.6 Å². The molecule has 0 fully saturated rings. The van der Waals surface area contributed by atoms with Crippen molar-refractivity contribution in [3.8, 4) is 68.5 Å². The molecule has 2 aliphatic heterocycles. The Morgan fingerprint density at radius 3 is 1.71 bits per heavy atom. The minimum atomic E-state index is 0.119. The first kappa shape index (κ1) is 34.2. The molecule has 0 saturated heterocycles. The molecule has 8 bridgehead atoms. The number of hydrogen-bond acceptors (Lipinski definition) is 11. The highest BCUT2D eigenvalue weighted by Crippen LogP contribution is 2.43. The number of aromatic nitrogens is 8. The average Bonchev–Trinajstić information content (AvgIpc) is 3.93. The predicted octanol–water partition coefficient (Wildman–Crippen LogP) is 8.22. The number of ether oxygens (including phenoxy) is 4. The third-order valence-electron chi connectivity index (χ3n) is 9.49. The summed E-state index contributed by atoms with van der Waals surface area (Å²) in [4.78, 5) is 37.7. The van der Waals surface area contributed by atoms with Gasteiger partial charge in [0.1, 0.15) is 45.6 Å². The molecule has 0 spiro atoms. The van der Waals surface area contributed by atoms with Crippen LogP contribution in [0.5, 0.6) is 23.0 Å². The molecule has 13 nitrogen and oxygen atoms in total. The normalized spacial score (nSPS) is 11.8. The first-order valence-electron chi connectivity index (χ1n) is 18.6. The van der Waals surface area contributed by atoms with E-state index < -0.39 is 0 Å². The van der Waals surface area contributed by atoms with Gasteiger partial charge in [0.25, 0.3) is 0 Å². The number of nitrogens with zero attached hydrogens (tertiary/aromatic N) is 6. The number of hydrogen-bond donors (Lipinski definition) is 3. The molecule has 276 valence electrons. The van der Waals surface area contributed by atoms with Crippen LogP contribution in [0.15, 0.2) is 72.8 Å². The summed E-state index contributed by atoms with van der Waals surface area (Å²) in [5, 5.41) is 12.4. The first-order valence-corrected chi connectivity index (χ1v) is 18.6. The van der Waals surface area contributed by atoms with Crippen molar-refractivity contribution < 1.29 is 24.1 Å². The van der Waals surface area contributed by atoms with Crippen LogP contribution >= 0.6 is 0 Å². The summed E-state index contributed by atoms with van der Waals surface area (Å²) in [6.45, 7) is 7.83. The lowest BCUT2D eigenvalue weighted by Gasteiger charge is -2.08. The van der Waals surface area contributed by atoms with Gasteiger partial charge in [0.15, 0.2) is 23.3 Å². The number of aliphatic hydroxyl groups is 1. The second kappa shape index (κ2) is 14.3. The van der Waals surface area contributed by atoms with E-state index in [-0.39, 0.29) is 6.61 Å². The standard InChI is InChI=1S/C42H38N8O5/c1-4-52-29-15-9-12-25-32(29)41-46-36(25)44-39-28-22-23(55-21-8-7-20-51)18-19-24(28)35(43-39)45-40-33-26(13-10-16-30(33)53-5-2)37(47-40)49-42-34-27(38(48-41)50-42)14-11-17-31(34)54-6-3/h9-19,22,51H,4-8,20-21H2,1-3H3,(H2,43,44,45,46,47,48,49,50). The fourth-order valence-corrected chi connectivity index (χ4v) is 7.14. The van der Waals surface area contributed by atoms with Crippen LogP contribution in [0.3, 0.4) is 0 Å². The summed E-state index contributed by atoms with van der Waals surface area (Å²) in [7, 11) is 0. The molecule has 3 N–H and O–H groups in total. The maximum Gasteiger partial charge on any atom is 0.168 e. The number of unbranched alkanes of at least 4 members (excludes halogenated alkanes) is 1. The number of H-pyrrole nitrogens is 2. The van der Waals surface area contributed by atoms with Gasteiger partial charge in [-0.3, -0.25) is 0 Å². The molecule has 3 aromatic heterocycles. The van der Waals surface area contributed by atoms with Crippen molar-refractivity contribution >= 4 is 44.1 Å². The SMILES string of the molecule is CCOc1cccc2c1-c1nc-2nc2[nH]c(nc3nc(nc4[nH]c(n1)c1ccc(OCCCCO)cc41)-c1cccc(OCC)c1-3)c1cccc(OCC)c21. The summed E-state index contributed by atoms with van der Waals surface area (Å²) < 4.78 is 24.5. The molecule has 55 heavy (non-hydrogen) atoms. The Morgan fingerprint density at radius 2 is 1.05 bits per heavy atom. The van der Waals surface area contributed by atoms with Gasteiger partial charge >= 0.3 is 0 Å². The van der Waals surface area contributed by atoms with E-state index in [4.69, 9.17) is 48.9 Å². The number of aromatic amines is 2. The molecule has 0 radical (unpaired) electrons. The fourth-order valence-electron chi connectivity index (χ4n) is 7.14. The van der Waals surface area contributed by atoms with Crippen LogP contribution < -0.4 is 18.9 Å². The topological polar surface area (TPSA) is 166 Å². The quantitative estimate of drug-likeness (QED) is 0.110. The van der Waals surface area contributed by atoms with Crippen molar-refractivity contribution in [3.05, 3.63) is 72.8 Å². The van der Waals surface area contributed by atoms with Gasteiger partial charge in [-0.05, 0) is 70.0 Å². The second-order valence-corrected chi connectivity index (χ2v) is 12.9. The van der Waals surface area contributed by atoms with Crippen LogP contribution in [0, 0.1) is 0 Å². The van der Waals surface area contributed by atoms with Crippen LogP contribution in [-0.4, -0.2) is 78.0 Å². The van der Waals surface area contributed by atoms with Crippen molar-refractivity contribution in [3.63, 3.8) is 0 Å². The van der Waals surface area contributed by atoms with Crippen molar-refractivity contribution in [2.75, 3.05) is 33.0 Å². The molecule has 5 heterocycles. The van der Waals surface area contributed by atoms with Gasteiger partial charge in [0, 0.05) is 33.9 Å². The summed E-state index contributed by atoms with van der Waals surface area (Å²) in [5.74, 6) is 4.43. The average molecular weight is 735 g/mol. The highest BCUT2D eigenvalue weighted by Gasteiger charge is 2.27. The second-order valence-electron chi connectivity index (χ2n) is 12.9. The van der Waals surface area contributed by atoms with Gasteiger partial charge < -0.3 is 34.0 Å². The summed E-state index contributed by atoms with van der Waals surface area (Å²) in [5.41, 5.74) is 5.18. The molecule has 0 saturated carbocycles. The lowest BCUT2D eigenvalue weighted by Crippen LogP contribution is -1.98. The highest BCUT2D eigenvalue weighted by molar-refractivity contribution is 6.09. The van der Waals surface area contributed by atoms with E-state index in [1.807, 2.05) is 93.6 Å². The van der Waals surface area contributed by atoms with Gasteiger partial charge in [-0.15, -0.1) is 0 Å². The molecule has 0 atom stereocenters. The molecule has 0 aliphatic carbocycles. The van der Waals surface area contributed by atoms with Crippen molar-refractivity contribution in [1.29, 1.82) is 0 Å². The number of rotatable bonds is 11. The lowest BCUT2D eigenvalue weighted by molar-refractivity contribution is 0.253. The van der Waals surface area contributed by atoms with Gasteiger partial charge in [0.2, 0.25) is 0 Å². The van der Waals surface area contributed by atoms with Crippen molar-refractivity contribution in [2.45, 2.75) is 33.6 Å². The number of benzene rings is 4. The van der Waals surface area contributed by atoms with E-state index in [0.29, 0.717) is 102 Å². The Kier molecular flexibility index (Phi) is 8.90. The Balaban J connectivity index is 1.42. The third kappa shape index (κ3) is 6.02. The minimum Gasteiger partial charge on any atom is -0.494 e. The molecule has 7 aromatic rings. The largest absolute Gasteiger partial charge is 0.494 e. The maximum atomic E-state index is 9.27. The molecule has 13 heteroatoms. The van der Waals surface area contributed by atoms with Gasteiger partial charge in [-0.25, -0.2) is 29.9 Å². The monoisotopic (exact) mass is 734 g/mol. The third-order valence-corrected chi connectivity index (χ3v) is 9.49. The van der Waals surface area contributed by atoms with E-state index in [1.54, 1.807) is 0 Å². The molecular formula is C42H38N8O5. The molecule has 4 aromatic carbocycles. The number of aliphatic hydroxyl groups excluding tert-OH is 1. The molecule has 2 aliphatic rings. The zero-order chi connectivity index (χ0) is 37.5. The smallest absolute Gasteiger partial charge is 0.168 e. The summed E-state index contributed by atoms with van der Waals surface area (Å²) >= 11 is 0. The molecule has 0 amide bonds. The Labute approximate surface area is 315 Å². The van der Waals surface area contributed by atoms with E-state index in [0.717, 1.165) is 50.2 Å². The highest BCUT2D eigenvalue weighted by atomic mass is 16.5. The van der Waals surface area contributed by atoms with E-state index in [2.05, 4.69) is 9.97 Å². The summed E-state index contributed by atoms with van der Waals surface area (Å²) in [6, 6.07) is 23.3. The Bertz CT molecular complexity index is 2760. The molecule has 0 unspecified atom stereocenters. The van der Waals surface area contributed by atoms with Crippen molar-refractivity contribution in [1.82, 2.24) is 39.9 Å². The maximum absolute atomic E-state index is 9.27. The minimum absolute atomic E-state index is 0.119. The van der Waals surface area contributed by atoms with E-state index >= 15 is 0 Å². The van der Waals surface area contributed by atoms with Crippen molar-refractivity contribution in [2.24, 2.45) is 0 Å². The Morgan fingerprint density at radius 1 is 0.509 bits per heavy atom. The van der Waals surface area contributed by atoms with E-state index in [9.17, 15) is 5.11 Å². The van der Waals surface area contributed by atoms with Crippen LogP contribution in [0.25, 0.3) is 89.7 Å². The lowest BCUT2D eigenvalue weighted by atomic mass is 10.1. The summed E-state index contributed by atoms with van der Waals surface area (Å²) in [6.07, 6.45) is 1.39. The van der Waals surface area contributed by atoms with E-state index in [1.165, 1.54) is 0 Å². The molecule has 9 rings (SSSR count). The van der Waals surface area contributed by atoms with Crippen LogP contribution in [0.2, 0.25) is 0 Å². The Hall–Kier alpha value is -6.60. The fraction of sp³-hybridized carbons (Fsp3) is 0.238. The zero-order valence-electron chi connectivity index (χ0n) is 30.6. The number of fused-ring (bicyclic) bond motifs is 20. The van der Waals surface area contributed by atoms with Gasteiger partial charge in [-0.2, -0.15) is 0 Å². The van der Waals surface area contributed by atoms with Gasteiger partial charge in [-0.1, -0.05) is 36.4 Å².